The highest BCUT2D eigenvalue weighted by molar-refractivity contribution is 7.90. The summed E-state index contributed by atoms with van der Waals surface area (Å²) >= 11 is 0. The number of nitrogens with zero attached hydrogens (tertiary/aromatic N) is 3. The Kier molecular flexibility index (Phi) is 2.83. The van der Waals surface area contributed by atoms with Crippen molar-refractivity contribution in [1.82, 2.24) is 20.6 Å². The summed E-state index contributed by atoms with van der Waals surface area (Å²) in [5.74, 6) is -1.34. The Morgan fingerprint density at radius 1 is 1.39 bits per heavy atom. The number of benzene rings is 1. The van der Waals surface area contributed by atoms with E-state index in [1.165, 1.54) is 18.2 Å². The van der Waals surface area contributed by atoms with Crippen molar-refractivity contribution < 1.29 is 18.3 Å². The average Bonchev–Trinajstić information content (AvgIpc) is 2.79. The number of sulfone groups is 1. The number of carboxylic acids is 1. The van der Waals surface area contributed by atoms with E-state index < -0.39 is 15.8 Å². The van der Waals surface area contributed by atoms with Crippen LogP contribution in [0.15, 0.2) is 23.1 Å². The molecule has 2 N–H and O–H groups in total. The average molecular weight is 268 g/mol. The van der Waals surface area contributed by atoms with Crippen molar-refractivity contribution in [3.05, 3.63) is 23.8 Å². The standard InChI is InChI=1S/C9H8N4O4S/c1-18(16,17)6-4-2-3-5(9(14)15)7(6)8-10-12-13-11-8/h2-4H,1H3,(H,14,15)(H,10,11,12,13). The molecule has 94 valence electrons. The van der Waals surface area contributed by atoms with Gasteiger partial charge in [0.1, 0.15) is 0 Å². The number of nitrogens with one attached hydrogen (secondary N) is 1. The first-order chi connectivity index (χ1) is 8.41. The van der Waals surface area contributed by atoms with Gasteiger partial charge in [0, 0.05) is 6.26 Å². The van der Waals surface area contributed by atoms with Gasteiger partial charge in [-0.1, -0.05) is 6.07 Å². The summed E-state index contributed by atoms with van der Waals surface area (Å²) in [4.78, 5) is 11.0. The highest BCUT2D eigenvalue weighted by Crippen LogP contribution is 2.28. The normalized spacial score (nSPS) is 11.4. The molecule has 0 radical (unpaired) electrons. The van der Waals surface area contributed by atoms with Crippen LogP contribution in [0.25, 0.3) is 11.4 Å². The number of aromatic carboxylic acids is 1. The van der Waals surface area contributed by atoms with Crippen LogP contribution in [0, 0.1) is 0 Å². The second-order valence-electron chi connectivity index (χ2n) is 3.49. The van der Waals surface area contributed by atoms with Gasteiger partial charge in [0.2, 0.25) is 5.82 Å². The zero-order valence-electron chi connectivity index (χ0n) is 9.15. The molecular weight excluding hydrogens is 260 g/mol. The lowest BCUT2D eigenvalue weighted by Crippen LogP contribution is -2.07. The third kappa shape index (κ3) is 2.07. The molecule has 1 aromatic carbocycles. The fourth-order valence-corrected chi connectivity index (χ4v) is 2.41. The minimum absolute atomic E-state index is 0.0683. The lowest BCUT2D eigenvalue weighted by Gasteiger charge is -2.07. The lowest BCUT2D eigenvalue weighted by atomic mass is 10.1. The van der Waals surface area contributed by atoms with Crippen LogP contribution in [0.3, 0.4) is 0 Å². The fourth-order valence-electron chi connectivity index (χ4n) is 1.52. The predicted molar refractivity (Wildman–Crippen MR) is 59.7 cm³/mol. The lowest BCUT2D eigenvalue weighted by molar-refractivity contribution is 0.0697. The number of carboxylic acid groups (broad SMARTS) is 1. The number of aromatic amines is 1. The first-order valence-electron chi connectivity index (χ1n) is 4.71. The highest BCUT2D eigenvalue weighted by atomic mass is 32.2. The SMILES string of the molecule is CS(=O)(=O)c1cccc(C(=O)O)c1-c1nn[nH]n1. The molecule has 0 spiro atoms. The maximum absolute atomic E-state index is 11.6. The minimum Gasteiger partial charge on any atom is -0.478 e. The molecule has 9 heteroatoms. The van der Waals surface area contributed by atoms with E-state index in [0.29, 0.717) is 0 Å². The smallest absolute Gasteiger partial charge is 0.336 e. The number of carbonyl (C=O) groups is 1. The minimum atomic E-state index is -3.60. The molecule has 0 saturated carbocycles. The van der Waals surface area contributed by atoms with Crippen molar-refractivity contribution in [2.75, 3.05) is 6.26 Å². The van der Waals surface area contributed by atoms with Crippen LogP contribution < -0.4 is 0 Å². The van der Waals surface area contributed by atoms with Gasteiger partial charge in [0.25, 0.3) is 0 Å². The molecule has 1 heterocycles. The van der Waals surface area contributed by atoms with Crippen LogP contribution in [0.5, 0.6) is 0 Å². The van der Waals surface area contributed by atoms with Crippen LogP contribution in [0.1, 0.15) is 10.4 Å². The highest BCUT2D eigenvalue weighted by Gasteiger charge is 2.23. The molecule has 2 aromatic rings. The van der Waals surface area contributed by atoms with Crippen LogP contribution in [0.4, 0.5) is 0 Å². The summed E-state index contributed by atoms with van der Waals surface area (Å²) in [6, 6.07) is 3.93. The first kappa shape index (κ1) is 12.2. The summed E-state index contributed by atoms with van der Waals surface area (Å²) in [6.45, 7) is 0. The monoisotopic (exact) mass is 268 g/mol. The van der Waals surface area contributed by atoms with Crippen LogP contribution in [-0.2, 0) is 9.84 Å². The van der Waals surface area contributed by atoms with E-state index in [0.717, 1.165) is 6.26 Å². The second-order valence-corrected chi connectivity index (χ2v) is 5.48. The summed E-state index contributed by atoms with van der Waals surface area (Å²) in [5.41, 5.74) is -0.263. The van der Waals surface area contributed by atoms with E-state index in [4.69, 9.17) is 5.11 Å². The van der Waals surface area contributed by atoms with E-state index in [9.17, 15) is 13.2 Å². The summed E-state index contributed by atoms with van der Waals surface area (Å²) in [6.07, 6.45) is 0.984. The van der Waals surface area contributed by atoms with Crippen molar-refractivity contribution in [3.63, 3.8) is 0 Å². The van der Waals surface area contributed by atoms with Crippen molar-refractivity contribution in [2.24, 2.45) is 0 Å². The zero-order valence-corrected chi connectivity index (χ0v) is 9.97. The molecule has 0 saturated heterocycles. The Labute approximate surface area is 102 Å². The zero-order chi connectivity index (χ0) is 13.3. The second kappa shape index (κ2) is 4.18. The molecule has 0 aliphatic carbocycles. The number of rotatable bonds is 3. The van der Waals surface area contributed by atoms with Crippen molar-refractivity contribution >= 4 is 15.8 Å². The number of tetrazole rings is 1. The quantitative estimate of drug-likeness (QED) is 0.800. The van der Waals surface area contributed by atoms with Gasteiger partial charge < -0.3 is 5.11 Å². The molecule has 2 rings (SSSR count). The molecule has 0 unspecified atom stereocenters. The Hall–Kier alpha value is -2.29. The van der Waals surface area contributed by atoms with Gasteiger partial charge >= 0.3 is 5.97 Å². The number of hydrogen-bond acceptors (Lipinski definition) is 6. The van der Waals surface area contributed by atoms with E-state index in [-0.39, 0.29) is 21.8 Å². The third-order valence-corrected chi connectivity index (χ3v) is 3.36. The molecule has 0 atom stereocenters. The predicted octanol–water partition coefficient (Wildman–Crippen LogP) is -0.0316. The van der Waals surface area contributed by atoms with Gasteiger partial charge in [0.15, 0.2) is 9.84 Å². The maximum atomic E-state index is 11.6. The largest absolute Gasteiger partial charge is 0.478 e. The van der Waals surface area contributed by atoms with E-state index in [1.807, 2.05) is 0 Å². The van der Waals surface area contributed by atoms with Gasteiger partial charge in [-0.3, -0.25) is 0 Å². The Bertz CT molecular complexity index is 693. The molecule has 0 fully saturated rings. The molecule has 8 nitrogen and oxygen atoms in total. The Morgan fingerprint density at radius 2 is 2.11 bits per heavy atom. The van der Waals surface area contributed by atoms with E-state index in [1.54, 1.807) is 0 Å². The van der Waals surface area contributed by atoms with Crippen molar-refractivity contribution in [1.29, 1.82) is 0 Å². The van der Waals surface area contributed by atoms with Crippen LogP contribution in [-0.4, -0.2) is 46.4 Å². The van der Waals surface area contributed by atoms with E-state index in [2.05, 4.69) is 20.6 Å². The summed E-state index contributed by atoms with van der Waals surface area (Å²) in [5, 5.41) is 21.8. The molecule has 0 amide bonds. The number of H-pyrrole nitrogens is 1. The van der Waals surface area contributed by atoms with Gasteiger partial charge in [-0.2, -0.15) is 5.21 Å². The molecule has 0 aliphatic rings. The molecule has 0 bridgehead atoms. The third-order valence-electron chi connectivity index (χ3n) is 2.23. The first-order valence-corrected chi connectivity index (χ1v) is 6.60. The van der Waals surface area contributed by atoms with Crippen molar-refractivity contribution in [3.8, 4) is 11.4 Å². The number of hydrogen-bond donors (Lipinski definition) is 2. The summed E-state index contributed by atoms with van der Waals surface area (Å²) < 4.78 is 23.3. The molecular formula is C9H8N4O4S. The topological polar surface area (TPSA) is 126 Å². The van der Waals surface area contributed by atoms with Gasteiger partial charge in [-0.05, 0) is 17.3 Å². The van der Waals surface area contributed by atoms with Gasteiger partial charge in [-0.15, -0.1) is 10.2 Å². The Balaban J connectivity index is 2.85. The molecule has 0 aliphatic heterocycles. The number of aromatic nitrogens is 4. The Morgan fingerprint density at radius 3 is 2.61 bits per heavy atom. The van der Waals surface area contributed by atoms with Crippen molar-refractivity contribution in [2.45, 2.75) is 4.90 Å². The molecule has 1 aromatic heterocycles. The fraction of sp³-hybridized carbons (Fsp3) is 0.111. The molecule has 18 heavy (non-hydrogen) atoms. The van der Waals surface area contributed by atoms with Crippen LogP contribution in [0.2, 0.25) is 0 Å². The van der Waals surface area contributed by atoms with E-state index >= 15 is 0 Å². The van der Waals surface area contributed by atoms with Gasteiger partial charge in [0.05, 0.1) is 16.0 Å². The summed E-state index contributed by atoms with van der Waals surface area (Å²) in [7, 11) is -3.60. The maximum Gasteiger partial charge on any atom is 0.336 e. The van der Waals surface area contributed by atoms with Gasteiger partial charge in [-0.25, -0.2) is 13.2 Å². The van der Waals surface area contributed by atoms with Crippen LogP contribution >= 0.6 is 0 Å².